The van der Waals surface area contributed by atoms with Gasteiger partial charge in [-0.2, -0.15) is 0 Å². The average Bonchev–Trinajstić information content (AvgIpc) is 2.69. The van der Waals surface area contributed by atoms with Crippen LogP contribution in [0.5, 0.6) is 11.5 Å². The zero-order valence-corrected chi connectivity index (χ0v) is 20.2. The van der Waals surface area contributed by atoms with E-state index >= 15 is 0 Å². The summed E-state index contributed by atoms with van der Waals surface area (Å²) in [5, 5.41) is 3.34. The zero-order valence-electron chi connectivity index (χ0n) is 17.8. The Balaban J connectivity index is 0.00000729. The summed E-state index contributed by atoms with van der Waals surface area (Å²) in [7, 11) is 7.03. The fraction of sp³-hybridized carbons (Fsp3) is 0.650. The molecular weight excluding hydrogens is 473 g/mol. The van der Waals surface area contributed by atoms with Gasteiger partial charge in [-0.1, -0.05) is 0 Å². The molecule has 0 aliphatic carbocycles. The fourth-order valence-electron chi connectivity index (χ4n) is 2.53. The number of hydrogen-bond donors (Lipinski definition) is 1. The topological polar surface area (TPSA) is 64.6 Å². The molecule has 0 fully saturated rings. The fourth-order valence-corrected chi connectivity index (χ4v) is 2.53. The second-order valence-electron chi connectivity index (χ2n) is 6.08. The molecule has 1 rings (SSSR count). The summed E-state index contributed by atoms with van der Waals surface area (Å²) < 4.78 is 21.2. The van der Waals surface area contributed by atoms with Gasteiger partial charge < -0.3 is 29.2 Å². The molecule has 8 heteroatoms. The molecule has 0 saturated carbocycles. The van der Waals surface area contributed by atoms with E-state index in [-0.39, 0.29) is 24.0 Å². The van der Waals surface area contributed by atoms with Crippen LogP contribution in [-0.4, -0.2) is 72.1 Å². The number of halogens is 1. The molecule has 0 saturated heterocycles. The number of hydrogen-bond acceptors (Lipinski definition) is 5. The highest BCUT2D eigenvalue weighted by atomic mass is 127. The third-order valence-electron chi connectivity index (χ3n) is 3.99. The van der Waals surface area contributed by atoms with E-state index in [1.807, 2.05) is 25.2 Å². The standard InChI is InChI=1S/C20H35N3O4.HI/c1-6-21-20(22-11-7-8-12-27-14-13-24-3)23(2)16-17-9-10-18(25-4)15-19(17)26-5;/h9-10,15H,6-8,11-14,16H2,1-5H3,(H,21,22);1H. The van der Waals surface area contributed by atoms with Gasteiger partial charge in [0.25, 0.3) is 0 Å². The molecule has 1 N–H and O–H groups in total. The van der Waals surface area contributed by atoms with Crippen molar-refractivity contribution in [3.63, 3.8) is 0 Å². The molecule has 0 amide bonds. The number of nitrogens with zero attached hydrogens (tertiary/aromatic N) is 2. The Morgan fingerprint density at radius 1 is 1.07 bits per heavy atom. The van der Waals surface area contributed by atoms with E-state index in [4.69, 9.17) is 23.9 Å². The van der Waals surface area contributed by atoms with Crippen LogP contribution in [0.25, 0.3) is 0 Å². The Morgan fingerprint density at radius 2 is 1.86 bits per heavy atom. The normalized spacial score (nSPS) is 11.0. The van der Waals surface area contributed by atoms with Crippen molar-refractivity contribution in [1.82, 2.24) is 10.2 Å². The van der Waals surface area contributed by atoms with E-state index in [0.29, 0.717) is 19.8 Å². The van der Waals surface area contributed by atoms with Crippen molar-refractivity contribution in [3.05, 3.63) is 23.8 Å². The minimum Gasteiger partial charge on any atom is -0.497 e. The Bertz CT molecular complexity index is 558. The van der Waals surface area contributed by atoms with Crippen molar-refractivity contribution in [2.75, 3.05) is 61.3 Å². The lowest BCUT2D eigenvalue weighted by Crippen LogP contribution is -2.38. The Morgan fingerprint density at radius 3 is 2.50 bits per heavy atom. The molecule has 0 aliphatic rings. The second-order valence-corrected chi connectivity index (χ2v) is 6.08. The number of benzene rings is 1. The number of rotatable bonds is 13. The van der Waals surface area contributed by atoms with E-state index in [0.717, 1.165) is 55.6 Å². The maximum Gasteiger partial charge on any atom is 0.193 e. The van der Waals surface area contributed by atoms with Crippen LogP contribution >= 0.6 is 24.0 Å². The molecule has 1 aromatic carbocycles. The Labute approximate surface area is 186 Å². The first kappa shape index (κ1) is 26.7. The quantitative estimate of drug-likeness (QED) is 0.191. The molecule has 0 aliphatic heterocycles. The molecule has 0 unspecified atom stereocenters. The molecule has 162 valence electrons. The summed E-state index contributed by atoms with van der Waals surface area (Å²) in [4.78, 5) is 6.82. The molecule has 7 nitrogen and oxygen atoms in total. The highest BCUT2D eigenvalue weighted by Crippen LogP contribution is 2.25. The maximum atomic E-state index is 5.49. The highest BCUT2D eigenvalue weighted by Gasteiger charge is 2.11. The third kappa shape index (κ3) is 10.3. The third-order valence-corrected chi connectivity index (χ3v) is 3.99. The second kappa shape index (κ2) is 16.7. The molecule has 0 heterocycles. The molecule has 0 aromatic heterocycles. The number of ether oxygens (including phenoxy) is 4. The lowest BCUT2D eigenvalue weighted by atomic mass is 10.2. The predicted octanol–water partition coefficient (Wildman–Crippen LogP) is 3.16. The monoisotopic (exact) mass is 509 g/mol. The largest absolute Gasteiger partial charge is 0.497 e. The number of nitrogens with one attached hydrogen (secondary N) is 1. The van der Waals surface area contributed by atoms with Gasteiger partial charge in [-0.3, -0.25) is 4.99 Å². The Hall–Kier alpha value is -1.26. The van der Waals surface area contributed by atoms with Crippen molar-refractivity contribution in [2.24, 2.45) is 4.99 Å². The van der Waals surface area contributed by atoms with Gasteiger partial charge in [-0.05, 0) is 31.9 Å². The van der Waals surface area contributed by atoms with Gasteiger partial charge in [0.15, 0.2) is 5.96 Å². The minimum atomic E-state index is 0. The summed E-state index contributed by atoms with van der Waals surface area (Å²) in [5.74, 6) is 2.48. The Kier molecular flexibility index (Phi) is 15.9. The van der Waals surface area contributed by atoms with Crippen molar-refractivity contribution >= 4 is 29.9 Å². The van der Waals surface area contributed by atoms with Gasteiger partial charge in [-0.15, -0.1) is 24.0 Å². The molecule has 0 bridgehead atoms. The smallest absolute Gasteiger partial charge is 0.193 e. The van der Waals surface area contributed by atoms with E-state index in [2.05, 4.69) is 17.1 Å². The molecule has 0 spiro atoms. The first-order valence-electron chi connectivity index (χ1n) is 9.43. The predicted molar refractivity (Wildman–Crippen MR) is 124 cm³/mol. The first-order chi connectivity index (χ1) is 13.2. The van der Waals surface area contributed by atoms with E-state index in [9.17, 15) is 0 Å². The lowest BCUT2D eigenvalue weighted by molar-refractivity contribution is 0.0690. The summed E-state index contributed by atoms with van der Waals surface area (Å²) >= 11 is 0. The van der Waals surface area contributed by atoms with E-state index in [1.165, 1.54) is 0 Å². The van der Waals surface area contributed by atoms with Crippen molar-refractivity contribution in [2.45, 2.75) is 26.3 Å². The molecule has 0 atom stereocenters. The van der Waals surface area contributed by atoms with Gasteiger partial charge in [0.1, 0.15) is 11.5 Å². The van der Waals surface area contributed by atoms with Gasteiger partial charge in [0, 0.05) is 52.0 Å². The summed E-state index contributed by atoms with van der Waals surface area (Å²) in [6.45, 7) is 6.38. The van der Waals surface area contributed by atoms with Gasteiger partial charge >= 0.3 is 0 Å². The van der Waals surface area contributed by atoms with Crippen LogP contribution in [0.1, 0.15) is 25.3 Å². The minimum absolute atomic E-state index is 0. The van der Waals surface area contributed by atoms with Crippen LogP contribution in [0.3, 0.4) is 0 Å². The van der Waals surface area contributed by atoms with Crippen molar-refractivity contribution < 1.29 is 18.9 Å². The van der Waals surface area contributed by atoms with Crippen LogP contribution in [0.2, 0.25) is 0 Å². The van der Waals surface area contributed by atoms with Crippen LogP contribution < -0.4 is 14.8 Å². The van der Waals surface area contributed by atoms with Gasteiger partial charge in [0.2, 0.25) is 0 Å². The van der Waals surface area contributed by atoms with Crippen molar-refractivity contribution in [3.8, 4) is 11.5 Å². The van der Waals surface area contributed by atoms with Gasteiger partial charge in [0.05, 0.1) is 27.4 Å². The molecule has 1 aromatic rings. The van der Waals surface area contributed by atoms with E-state index < -0.39 is 0 Å². The lowest BCUT2D eigenvalue weighted by Gasteiger charge is -2.23. The summed E-state index contributed by atoms with van der Waals surface area (Å²) in [6.07, 6.45) is 1.98. The SMILES string of the molecule is CCNC(=NCCCCOCCOC)N(C)Cc1ccc(OC)cc1OC.I. The molecule has 28 heavy (non-hydrogen) atoms. The maximum absolute atomic E-state index is 5.49. The number of unbranched alkanes of at least 4 members (excludes halogenated alkanes) is 1. The average molecular weight is 509 g/mol. The van der Waals surface area contributed by atoms with Crippen LogP contribution in [0.4, 0.5) is 0 Å². The first-order valence-corrected chi connectivity index (χ1v) is 9.43. The van der Waals surface area contributed by atoms with Crippen LogP contribution in [-0.2, 0) is 16.0 Å². The summed E-state index contributed by atoms with van der Waals surface area (Å²) in [6, 6.07) is 5.87. The molecular formula is C20H36IN3O4. The highest BCUT2D eigenvalue weighted by molar-refractivity contribution is 14.0. The number of aliphatic imine (C=N–C) groups is 1. The van der Waals surface area contributed by atoms with Crippen LogP contribution in [0, 0.1) is 0 Å². The zero-order chi connectivity index (χ0) is 19.9. The number of methoxy groups -OCH3 is 3. The number of guanidine groups is 1. The van der Waals surface area contributed by atoms with E-state index in [1.54, 1.807) is 21.3 Å². The van der Waals surface area contributed by atoms with Gasteiger partial charge in [-0.25, -0.2) is 0 Å². The van der Waals surface area contributed by atoms with Crippen molar-refractivity contribution in [1.29, 1.82) is 0 Å². The molecule has 0 radical (unpaired) electrons. The summed E-state index contributed by atoms with van der Waals surface area (Å²) in [5.41, 5.74) is 1.08. The van der Waals surface area contributed by atoms with Crippen LogP contribution in [0.15, 0.2) is 23.2 Å².